The van der Waals surface area contributed by atoms with Crippen molar-refractivity contribution in [3.05, 3.63) is 59.9 Å². The smallest absolute Gasteiger partial charge is 0.184 e. The van der Waals surface area contributed by atoms with Crippen LogP contribution in [0, 0.1) is 0 Å². The molecule has 0 aliphatic carbocycles. The van der Waals surface area contributed by atoms with E-state index in [0.717, 1.165) is 17.8 Å². The second-order valence-corrected chi connectivity index (χ2v) is 4.40. The van der Waals surface area contributed by atoms with E-state index in [0.29, 0.717) is 13.2 Å². The van der Waals surface area contributed by atoms with E-state index >= 15 is 0 Å². The largest absolute Gasteiger partial charge is 0.381 e. The van der Waals surface area contributed by atoms with E-state index in [1.54, 1.807) is 12.4 Å². The Morgan fingerprint density at radius 2 is 1.68 bits per heavy atom. The molecule has 1 aliphatic heterocycles. The summed E-state index contributed by atoms with van der Waals surface area (Å²) in [6.07, 6.45) is 3.36. The van der Waals surface area contributed by atoms with E-state index in [9.17, 15) is 0 Å². The molecule has 0 radical (unpaired) electrons. The summed E-state index contributed by atoms with van der Waals surface area (Å²) in [5, 5.41) is 3.35. The third-order valence-corrected chi connectivity index (χ3v) is 3.05. The lowest BCUT2D eigenvalue weighted by atomic mass is 10.1. The van der Waals surface area contributed by atoms with Crippen LogP contribution in [0.4, 0.5) is 5.69 Å². The molecular weight excluding hydrogens is 240 g/mol. The van der Waals surface area contributed by atoms with Crippen LogP contribution in [0.25, 0.3) is 0 Å². The first-order valence-corrected chi connectivity index (χ1v) is 6.38. The predicted octanol–water partition coefficient (Wildman–Crippen LogP) is 2.74. The standard InChI is InChI=1S/C15H16N2O2/c1-3-13(15-18-9-10-19-15)4-2-12(1)11-17-14-5-7-16-8-6-14/h1-8,15H,9-11H2,(H,16,17). The summed E-state index contributed by atoms with van der Waals surface area (Å²) in [5.74, 6) is 0. The van der Waals surface area contributed by atoms with Crippen LogP contribution in [0.2, 0.25) is 0 Å². The quantitative estimate of drug-likeness (QED) is 0.913. The van der Waals surface area contributed by atoms with Crippen molar-refractivity contribution < 1.29 is 9.47 Å². The molecule has 0 amide bonds. The minimum Gasteiger partial charge on any atom is -0.381 e. The predicted molar refractivity (Wildman–Crippen MR) is 72.7 cm³/mol. The van der Waals surface area contributed by atoms with Crippen molar-refractivity contribution in [2.75, 3.05) is 18.5 Å². The highest BCUT2D eigenvalue weighted by Crippen LogP contribution is 2.23. The van der Waals surface area contributed by atoms with Gasteiger partial charge in [0, 0.05) is 30.2 Å². The maximum Gasteiger partial charge on any atom is 0.184 e. The van der Waals surface area contributed by atoms with E-state index in [1.807, 2.05) is 12.1 Å². The van der Waals surface area contributed by atoms with E-state index in [1.165, 1.54) is 5.56 Å². The van der Waals surface area contributed by atoms with Crippen LogP contribution in [0.1, 0.15) is 17.4 Å². The third-order valence-electron chi connectivity index (χ3n) is 3.05. The molecule has 1 aromatic heterocycles. The van der Waals surface area contributed by atoms with Gasteiger partial charge in [0.1, 0.15) is 0 Å². The lowest BCUT2D eigenvalue weighted by Gasteiger charge is -2.10. The Morgan fingerprint density at radius 3 is 2.37 bits per heavy atom. The molecule has 0 unspecified atom stereocenters. The second kappa shape index (κ2) is 5.82. The Labute approximate surface area is 112 Å². The Kier molecular flexibility index (Phi) is 3.72. The van der Waals surface area contributed by atoms with Gasteiger partial charge in [-0.2, -0.15) is 0 Å². The van der Waals surface area contributed by atoms with Gasteiger partial charge in [-0.25, -0.2) is 0 Å². The van der Waals surface area contributed by atoms with Crippen molar-refractivity contribution in [1.29, 1.82) is 0 Å². The number of hydrogen-bond acceptors (Lipinski definition) is 4. The molecule has 1 aliphatic rings. The van der Waals surface area contributed by atoms with Crippen molar-refractivity contribution in [3.8, 4) is 0 Å². The minimum absolute atomic E-state index is 0.192. The molecule has 4 nitrogen and oxygen atoms in total. The van der Waals surface area contributed by atoms with Gasteiger partial charge < -0.3 is 14.8 Å². The van der Waals surface area contributed by atoms with Gasteiger partial charge in [-0.15, -0.1) is 0 Å². The number of aromatic nitrogens is 1. The van der Waals surface area contributed by atoms with Gasteiger partial charge in [0.15, 0.2) is 6.29 Å². The summed E-state index contributed by atoms with van der Waals surface area (Å²) in [4.78, 5) is 3.99. The maximum absolute atomic E-state index is 5.46. The molecule has 0 atom stereocenters. The fraction of sp³-hybridized carbons (Fsp3) is 0.267. The molecule has 0 bridgehead atoms. The van der Waals surface area contributed by atoms with E-state index in [2.05, 4.69) is 34.6 Å². The molecule has 2 aromatic rings. The number of hydrogen-bond donors (Lipinski definition) is 1. The number of benzene rings is 1. The summed E-state index contributed by atoms with van der Waals surface area (Å²) < 4.78 is 10.9. The third kappa shape index (κ3) is 3.10. The highest BCUT2D eigenvalue weighted by molar-refractivity contribution is 5.41. The fourth-order valence-electron chi connectivity index (χ4n) is 2.02. The number of pyridine rings is 1. The van der Waals surface area contributed by atoms with Crippen molar-refractivity contribution in [1.82, 2.24) is 4.98 Å². The van der Waals surface area contributed by atoms with Gasteiger partial charge in [0.05, 0.1) is 13.2 Å². The lowest BCUT2D eigenvalue weighted by molar-refractivity contribution is -0.0441. The molecule has 3 rings (SSSR count). The molecule has 0 saturated carbocycles. The zero-order valence-electron chi connectivity index (χ0n) is 10.6. The fourth-order valence-corrected chi connectivity index (χ4v) is 2.02. The Balaban J connectivity index is 1.60. The van der Waals surface area contributed by atoms with Gasteiger partial charge in [-0.3, -0.25) is 4.98 Å². The average molecular weight is 256 g/mol. The second-order valence-electron chi connectivity index (χ2n) is 4.40. The average Bonchev–Trinajstić information content (AvgIpc) is 3.01. The Hall–Kier alpha value is -1.91. The summed E-state index contributed by atoms with van der Waals surface area (Å²) in [6.45, 7) is 2.14. The van der Waals surface area contributed by atoms with Gasteiger partial charge in [-0.05, 0) is 17.7 Å². The van der Waals surface area contributed by atoms with Crippen molar-refractivity contribution >= 4 is 5.69 Å². The summed E-state index contributed by atoms with van der Waals surface area (Å²) >= 11 is 0. The van der Waals surface area contributed by atoms with Crippen molar-refractivity contribution in [3.63, 3.8) is 0 Å². The highest BCUT2D eigenvalue weighted by atomic mass is 16.7. The molecule has 1 N–H and O–H groups in total. The zero-order chi connectivity index (χ0) is 12.9. The Bertz CT molecular complexity index is 507. The van der Waals surface area contributed by atoms with Crippen molar-refractivity contribution in [2.24, 2.45) is 0 Å². The van der Waals surface area contributed by atoms with E-state index in [-0.39, 0.29) is 6.29 Å². The van der Waals surface area contributed by atoms with Crippen LogP contribution >= 0.6 is 0 Å². The number of nitrogens with zero attached hydrogens (tertiary/aromatic N) is 1. The van der Waals surface area contributed by atoms with Crippen LogP contribution in [0.15, 0.2) is 48.8 Å². The van der Waals surface area contributed by atoms with E-state index < -0.39 is 0 Å². The number of nitrogens with one attached hydrogen (secondary N) is 1. The SMILES string of the molecule is c1cc(NCc2ccc(C3OCCO3)cc2)ccn1. The van der Waals surface area contributed by atoms with Crippen LogP contribution in [0.5, 0.6) is 0 Å². The zero-order valence-corrected chi connectivity index (χ0v) is 10.6. The highest BCUT2D eigenvalue weighted by Gasteiger charge is 2.17. The first-order valence-electron chi connectivity index (χ1n) is 6.38. The molecule has 1 fully saturated rings. The molecule has 19 heavy (non-hydrogen) atoms. The van der Waals surface area contributed by atoms with Crippen molar-refractivity contribution in [2.45, 2.75) is 12.8 Å². The Morgan fingerprint density at radius 1 is 1.00 bits per heavy atom. The van der Waals surface area contributed by atoms with Gasteiger partial charge >= 0.3 is 0 Å². The maximum atomic E-state index is 5.46. The topological polar surface area (TPSA) is 43.4 Å². The van der Waals surface area contributed by atoms with Crippen LogP contribution in [0.3, 0.4) is 0 Å². The summed E-state index contributed by atoms with van der Waals surface area (Å²) in [5.41, 5.74) is 3.37. The monoisotopic (exact) mass is 256 g/mol. The van der Waals surface area contributed by atoms with Gasteiger partial charge in [-0.1, -0.05) is 24.3 Å². The minimum atomic E-state index is -0.192. The molecule has 1 aromatic carbocycles. The van der Waals surface area contributed by atoms with Crippen LogP contribution in [-0.2, 0) is 16.0 Å². The summed E-state index contributed by atoms with van der Waals surface area (Å²) in [7, 11) is 0. The molecule has 2 heterocycles. The summed E-state index contributed by atoms with van der Waals surface area (Å²) in [6, 6.07) is 12.2. The molecule has 98 valence electrons. The molecule has 1 saturated heterocycles. The van der Waals surface area contributed by atoms with Gasteiger partial charge in [0.2, 0.25) is 0 Å². The number of ether oxygens (including phenoxy) is 2. The van der Waals surface area contributed by atoms with Crippen LogP contribution in [-0.4, -0.2) is 18.2 Å². The normalized spacial score (nSPS) is 15.6. The molecule has 0 spiro atoms. The lowest BCUT2D eigenvalue weighted by Crippen LogP contribution is -2.01. The molecule has 4 heteroatoms. The number of rotatable bonds is 4. The van der Waals surface area contributed by atoms with E-state index in [4.69, 9.17) is 9.47 Å². The van der Waals surface area contributed by atoms with Crippen LogP contribution < -0.4 is 5.32 Å². The number of anilines is 1. The first-order chi connectivity index (χ1) is 9.42. The first kappa shape index (κ1) is 12.1. The molecular formula is C15H16N2O2. The van der Waals surface area contributed by atoms with Gasteiger partial charge in [0.25, 0.3) is 0 Å².